The molecule has 0 bridgehead atoms. The summed E-state index contributed by atoms with van der Waals surface area (Å²) in [5.74, 6) is 0.999. The molecular weight excluding hydrogens is 313 g/mol. The van der Waals surface area contributed by atoms with Crippen LogP contribution in [-0.2, 0) is 7.05 Å². The van der Waals surface area contributed by atoms with Crippen LogP contribution >= 0.6 is 0 Å². The fourth-order valence-electron chi connectivity index (χ4n) is 2.71. The molecule has 1 aromatic carbocycles. The fraction of sp³-hybridized carbons (Fsp3) is 0.118. The Balaban J connectivity index is 2.19. The zero-order valence-corrected chi connectivity index (χ0v) is 13.1. The van der Waals surface area contributed by atoms with E-state index >= 15 is 0 Å². The molecule has 0 saturated heterocycles. The first kappa shape index (κ1) is 12.0. The summed E-state index contributed by atoms with van der Waals surface area (Å²) in [6, 6.07) is 13.0. The summed E-state index contributed by atoms with van der Waals surface area (Å²) in [6.07, 6.45) is 3.91. The average Bonchev–Trinajstić information content (AvgIpc) is 3.02. The number of aryl methyl sites for hydroxylation is 2. The molecule has 0 aliphatic heterocycles. The molecule has 0 aliphatic rings. The van der Waals surface area contributed by atoms with Gasteiger partial charge in [-0.2, -0.15) is 0 Å². The molecule has 98 valence electrons. The predicted molar refractivity (Wildman–Crippen MR) is 82.0 cm³/mol. The van der Waals surface area contributed by atoms with Crippen LogP contribution in [0.25, 0.3) is 30.7 Å². The van der Waals surface area contributed by atoms with E-state index in [0.29, 0.717) is 14.5 Å². The van der Waals surface area contributed by atoms with Crippen LogP contribution in [0.3, 0.4) is 0 Å². The molecule has 0 N–H and O–H groups in total. The van der Waals surface area contributed by atoms with Crippen LogP contribution in [0.2, 0.25) is 0 Å². The van der Waals surface area contributed by atoms with E-state index in [1.165, 1.54) is 30.6 Å². The van der Waals surface area contributed by atoms with Gasteiger partial charge in [0.2, 0.25) is 0 Å². The Kier molecular flexibility index (Phi) is 2.59. The van der Waals surface area contributed by atoms with Crippen LogP contribution in [-0.4, -0.2) is 14.5 Å². The monoisotopic (exact) mass is 328 g/mol. The van der Waals surface area contributed by atoms with Crippen molar-refractivity contribution >= 4 is 33.8 Å². The fourth-order valence-corrected chi connectivity index (χ4v) is 5.38. The van der Waals surface area contributed by atoms with E-state index < -0.39 is 0 Å². The van der Waals surface area contributed by atoms with Crippen molar-refractivity contribution in [3.8, 4) is 11.5 Å². The van der Waals surface area contributed by atoms with Crippen molar-refractivity contribution < 1.29 is 8.98 Å². The molecule has 0 fully saturated rings. The summed E-state index contributed by atoms with van der Waals surface area (Å²) in [5, 5.41) is 2.75. The second kappa shape index (κ2) is 4.34. The Morgan fingerprint density at radius 2 is 1.90 bits per heavy atom. The number of aromatic nitrogens is 1. The number of hydrogen-bond donors (Lipinski definition) is 0. The van der Waals surface area contributed by atoms with Crippen LogP contribution in [0.4, 0.5) is 0 Å². The summed E-state index contributed by atoms with van der Waals surface area (Å²) >= 11 is 0.347. The van der Waals surface area contributed by atoms with Crippen molar-refractivity contribution in [2.45, 2.75) is 6.92 Å². The van der Waals surface area contributed by atoms with E-state index in [0.717, 1.165) is 5.76 Å². The molecule has 4 aromatic rings. The first-order valence-electron chi connectivity index (χ1n) is 6.60. The molecule has 0 amide bonds. The van der Waals surface area contributed by atoms with Crippen molar-refractivity contribution in [3.05, 3.63) is 54.4 Å². The van der Waals surface area contributed by atoms with E-state index in [9.17, 15) is 0 Å². The van der Waals surface area contributed by atoms with Crippen LogP contribution in [0.15, 0.2) is 53.3 Å². The summed E-state index contributed by atoms with van der Waals surface area (Å²) < 4.78 is 10.8. The number of hydrogen-bond acceptors (Lipinski definition) is 1. The van der Waals surface area contributed by atoms with E-state index in [1.54, 1.807) is 6.26 Å². The second-order valence-corrected chi connectivity index (χ2v) is 7.26. The summed E-state index contributed by atoms with van der Waals surface area (Å²) in [4.78, 5) is 0. The number of benzene rings is 1. The third-order valence-corrected chi connectivity index (χ3v) is 6.25. The molecule has 3 aromatic heterocycles. The van der Waals surface area contributed by atoms with Crippen LogP contribution < -0.4 is 4.57 Å². The Labute approximate surface area is 123 Å². The summed E-state index contributed by atoms with van der Waals surface area (Å²) in [6.45, 7) is 2.10. The third kappa shape index (κ3) is 1.60. The normalized spacial score (nSPS) is 11.5. The van der Waals surface area contributed by atoms with Gasteiger partial charge in [0.25, 0.3) is 0 Å². The maximum atomic E-state index is 5.74. The summed E-state index contributed by atoms with van der Waals surface area (Å²) in [7, 11) is 2.09. The molecule has 20 heavy (non-hydrogen) atoms. The van der Waals surface area contributed by atoms with Gasteiger partial charge in [-0.05, 0) is 0 Å². The summed E-state index contributed by atoms with van der Waals surface area (Å²) in [5.41, 5.74) is 2.42. The van der Waals surface area contributed by atoms with Gasteiger partial charge in [-0.3, -0.25) is 0 Å². The molecule has 3 heterocycles. The van der Waals surface area contributed by atoms with Crippen LogP contribution in [0, 0.1) is 6.92 Å². The van der Waals surface area contributed by atoms with Crippen molar-refractivity contribution in [1.29, 1.82) is 0 Å². The third-order valence-electron chi connectivity index (χ3n) is 3.74. The SMILES string of the molecule is Cc1ccoc1-c1c2[se]c3ccccc3c2cc[n+]1C. The number of pyridine rings is 1. The first-order valence-corrected chi connectivity index (χ1v) is 8.31. The Morgan fingerprint density at radius 3 is 2.70 bits per heavy atom. The van der Waals surface area contributed by atoms with Gasteiger partial charge in [-0.1, -0.05) is 0 Å². The zero-order chi connectivity index (χ0) is 13.7. The van der Waals surface area contributed by atoms with Gasteiger partial charge >= 0.3 is 123 Å². The minimum atomic E-state index is 0.347. The van der Waals surface area contributed by atoms with E-state index in [2.05, 4.69) is 55.1 Å². The minimum absolute atomic E-state index is 0.347. The standard InChI is InChI=1S/C17H14NOSe/c1-11-8-10-19-16(11)15-17-13(7-9-18(15)2)12-5-3-4-6-14(12)20-17/h3-10H,1-2H3/q+1. The van der Waals surface area contributed by atoms with Gasteiger partial charge < -0.3 is 0 Å². The van der Waals surface area contributed by atoms with Gasteiger partial charge in [-0.25, -0.2) is 0 Å². The molecular formula is C17H14NOSe+. The Bertz CT molecular complexity index is 933. The van der Waals surface area contributed by atoms with Gasteiger partial charge in [0.1, 0.15) is 0 Å². The van der Waals surface area contributed by atoms with Crippen LogP contribution in [0.1, 0.15) is 5.56 Å². The van der Waals surface area contributed by atoms with Gasteiger partial charge in [0, 0.05) is 0 Å². The van der Waals surface area contributed by atoms with E-state index in [4.69, 9.17) is 4.42 Å². The first-order chi connectivity index (χ1) is 9.75. The molecule has 4 rings (SSSR count). The predicted octanol–water partition coefficient (Wildman–Crippen LogP) is 3.44. The van der Waals surface area contributed by atoms with Gasteiger partial charge in [-0.15, -0.1) is 0 Å². The van der Waals surface area contributed by atoms with Crippen molar-refractivity contribution in [2.24, 2.45) is 7.05 Å². The molecule has 0 unspecified atom stereocenters. The van der Waals surface area contributed by atoms with Crippen molar-refractivity contribution in [1.82, 2.24) is 0 Å². The Hall–Kier alpha value is -1.83. The molecule has 0 saturated carbocycles. The average molecular weight is 327 g/mol. The molecule has 0 radical (unpaired) electrons. The van der Waals surface area contributed by atoms with Gasteiger partial charge in [0.15, 0.2) is 0 Å². The molecule has 0 aliphatic carbocycles. The molecule has 0 atom stereocenters. The number of nitrogens with zero attached hydrogens (tertiary/aromatic N) is 1. The zero-order valence-electron chi connectivity index (χ0n) is 11.4. The Morgan fingerprint density at radius 1 is 1.05 bits per heavy atom. The number of rotatable bonds is 1. The van der Waals surface area contributed by atoms with Crippen molar-refractivity contribution in [2.75, 3.05) is 0 Å². The molecule has 0 spiro atoms. The van der Waals surface area contributed by atoms with E-state index in [1.807, 2.05) is 6.07 Å². The topological polar surface area (TPSA) is 17.0 Å². The van der Waals surface area contributed by atoms with E-state index in [-0.39, 0.29) is 0 Å². The second-order valence-electron chi connectivity index (χ2n) is 5.05. The maximum absolute atomic E-state index is 5.74. The number of fused-ring (bicyclic) bond motifs is 3. The quantitative estimate of drug-likeness (QED) is 0.387. The molecule has 3 heteroatoms. The van der Waals surface area contributed by atoms with Gasteiger partial charge in [0.05, 0.1) is 0 Å². The molecule has 2 nitrogen and oxygen atoms in total. The van der Waals surface area contributed by atoms with Crippen LogP contribution in [0.5, 0.6) is 0 Å². The van der Waals surface area contributed by atoms with Crippen molar-refractivity contribution in [3.63, 3.8) is 0 Å². The number of furan rings is 1.